The molecule has 92 valence electrons. The minimum Gasteiger partial charge on any atom is -0.372 e. The number of morpholine rings is 1. The molecule has 1 aliphatic heterocycles. The fourth-order valence-electron chi connectivity index (χ4n) is 2.68. The first kappa shape index (κ1) is 12.1. The highest BCUT2D eigenvalue weighted by atomic mass is 32.1. The Morgan fingerprint density at radius 3 is 2.31 bits per heavy atom. The smallest absolute Gasteiger partial charge is 0.169 e. The first-order valence-corrected chi connectivity index (χ1v) is 6.77. The summed E-state index contributed by atoms with van der Waals surface area (Å²) in [6.07, 6.45) is 5.80. The van der Waals surface area contributed by atoms with Gasteiger partial charge in [-0.1, -0.05) is 12.8 Å². The molecule has 1 saturated heterocycles. The number of nitrogens with zero attached hydrogens (tertiary/aromatic N) is 1. The molecule has 1 heterocycles. The molecule has 0 amide bonds. The Morgan fingerprint density at radius 1 is 1.19 bits per heavy atom. The van der Waals surface area contributed by atoms with E-state index >= 15 is 0 Å². The van der Waals surface area contributed by atoms with Gasteiger partial charge < -0.3 is 15.0 Å². The predicted molar refractivity (Wildman–Crippen MR) is 69.6 cm³/mol. The third-order valence-electron chi connectivity index (χ3n) is 3.39. The van der Waals surface area contributed by atoms with Crippen LogP contribution in [0.4, 0.5) is 0 Å². The fraction of sp³-hybridized carbons (Fsp3) is 0.917. The third kappa shape index (κ3) is 3.08. The second-order valence-electron chi connectivity index (χ2n) is 5.09. The second-order valence-corrected chi connectivity index (χ2v) is 5.48. The average Bonchev–Trinajstić information content (AvgIpc) is 2.68. The number of hydrogen-bond donors (Lipinski definition) is 1. The van der Waals surface area contributed by atoms with Crippen molar-refractivity contribution < 1.29 is 4.74 Å². The molecular formula is C12H22N2OS. The van der Waals surface area contributed by atoms with Crippen LogP contribution in [0.15, 0.2) is 0 Å². The van der Waals surface area contributed by atoms with Crippen molar-refractivity contribution in [3.8, 4) is 0 Å². The number of rotatable bonds is 1. The van der Waals surface area contributed by atoms with Gasteiger partial charge in [0.05, 0.1) is 12.2 Å². The van der Waals surface area contributed by atoms with Crippen LogP contribution in [0, 0.1) is 0 Å². The summed E-state index contributed by atoms with van der Waals surface area (Å²) < 4.78 is 5.71. The first-order chi connectivity index (χ1) is 7.65. The lowest BCUT2D eigenvalue weighted by Gasteiger charge is -2.37. The van der Waals surface area contributed by atoms with Gasteiger partial charge in [0, 0.05) is 19.1 Å². The zero-order valence-electron chi connectivity index (χ0n) is 10.2. The maximum atomic E-state index is 5.71. The zero-order chi connectivity index (χ0) is 11.5. The van der Waals surface area contributed by atoms with Gasteiger partial charge in [0.1, 0.15) is 0 Å². The van der Waals surface area contributed by atoms with Crippen molar-refractivity contribution in [2.45, 2.75) is 57.8 Å². The van der Waals surface area contributed by atoms with Gasteiger partial charge >= 0.3 is 0 Å². The van der Waals surface area contributed by atoms with E-state index in [1.807, 2.05) is 0 Å². The third-order valence-corrected chi connectivity index (χ3v) is 3.77. The zero-order valence-corrected chi connectivity index (χ0v) is 11.1. The fourth-order valence-corrected chi connectivity index (χ4v) is 3.00. The van der Waals surface area contributed by atoms with Gasteiger partial charge in [0.15, 0.2) is 5.11 Å². The van der Waals surface area contributed by atoms with Gasteiger partial charge in [-0.15, -0.1) is 0 Å². The van der Waals surface area contributed by atoms with E-state index in [9.17, 15) is 0 Å². The molecule has 2 rings (SSSR count). The molecule has 4 heteroatoms. The quantitative estimate of drug-likeness (QED) is 0.710. The number of thiocarbonyl (C=S) groups is 1. The van der Waals surface area contributed by atoms with Crippen molar-refractivity contribution in [1.29, 1.82) is 0 Å². The normalized spacial score (nSPS) is 31.8. The highest BCUT2D eigenvalue weighted by Gasteiger charge is 2.25. The molecule has 0 aromatic rings. The standard InChI is InChI=1S/C12H22N2OS/c1-9-7-14(8-10(2)15-9)12(16)13-11-5-3-4-6-11/h9-11H,3-8H2,1-2H3,(H,13,16)/t9-,10+. The Hall–Kier alpha value is -0.350. The van der Waals surface area contributed by atoms with E-state index in [-0.39, 0.29) is 12.2 Å². The SMILES string of the molecule is C[C@@H]1CN(C(=S)NC2CCCC2)C[C@H](C)O1. The van der Waals surface area contributed by atoms with Gasteiger partial charge in [-0.2, -0.15) is 0 Å². The van der Waals surface area contributed by atoms with Crippen molar-refractivity contribution in [2.24, 2.45) is 0 Å². The van der Waals surface area contributed by atoms with Crippen LogP contribution in [0.1, 0.15) is 39.5 Å². The number of nitrogens with one attached hydrogen (secondary N) is 1. The van der Waals surface area contributed by atoms with E-state index in [1.165, 1.54) is 25.7 Å². The number of ether oxygens (including phenoxy) is 1. The van der Waals surface area contributed by atoms with E-state index in [0.717, 1.165) is 18.2 Å². The Kier molecular flexibility index (Phi) is 4.03. The Morgan fingerprint density at radius 2 is 1.75 bits per heavy atom. The van der Waals surface area contributed by atoms with Crippen LogP contribution in [0.3, 0.4) is 0 Å². The molecular weight excluding hydrogens is 220 g/mol. The molecule has 0 spiro atoms. The lowest BCUT2D eigenvalue weighted by atomic mass is 10.2. The average molecular weight is 242 g/mol. The monoisotopic (exact) mass is 242 g/mol. The highest BCUT2D eigenvalue weighted by molar-refractivity contribution is 7.80. The van der Waals surface area contributed by atoms with Crippen LogP contribution in [-0.4, -0.2) is 41.4 Å². The lowest BCUT2D eigenvalue weighted by molar-refractivity contribution is -0.0483. The van der Waals surface area contributed by atoms with Crippen LogP contribution in [0.2, 0.25) is 0 Å². The van der Waals surface area contributed by atoms with Crippen molar-refractivity contribution in [3.05, 3.63) is 0 Å². The van der Waals surface area contributed by atoms with Crippen LogP contribution in [0.25, 0.3) is 0 Å². The molecule has 2 fully saturated rings. The summed E-state index contributed by atoms with van der Waals surface area (Å²) in [6, 6.07) is 0.612. The van der Waals surface area contributed by atoms with Crippen molar-refractivity contribution >= 4 is 17.3 Å². The molecule has 0 radical (unpaired) electrons. The molecule has 0 aromatic carbocycles. The van der Waals surface area contributed by atoms with E-state index < -0.39 is 0 Å². The van der Waals surface area contributed by atoms with Crippen LogP contribution in [0.5, 0.6) is 0 Å². The Balaban J connectivity index is 1.83. The van der Waals surface area contributed by atoms with Crippen molar-refractivity contribution in [1.82, 2.24) is 10.2 Å². The second kappa shape index (κ2) is 5.32. The molecule has 3 nitrogen and oxygen atoms in total. The summed E-state index contributed by atoms with van der Waals surface area (Å²) in [5.41, 5.74) is 0. The van der Waals surface area contributed by atoms with E-state index in [1.54, 1.807) is 0 Å². The summed E-state index contributed by atoms with van der Waals surface area (Å²) >= 11 is 5.48. The van der Waals surface area contributed by atoms with Gasteiger partial charge in [-0.3, -0.25) is 0 Å². The largest absolute Gasteiger partial charge is 0.372 e. The molecule has 1 saturated carbocycles. The van der Waals surface area contributed by atoms with Crippen LogP contribution < -0.4 is 5.32 Å². The lowest BCUT2D eigenvalue weighted by Crippen LogP contribution is -2.53. The van der Waals surface area contributed by atoms with Gasteiger partial charge in [-0.25, -0.2) is 0 Å². The number of hydrogen-bond acceptors (Lipinski definition) is 2. The Labute approximate surface area is 104 Å². The molecule has 2 atom stereocenters. The summed E-state index contributed by atoms with van der Waals surface area (Å²) in [5.74, 6) is 0. The molecule has 1 aliphatic carbocycles. The molecule has 1 N–H and O–H groups in total. The first-order valence-electron chi connectivity index (χ1n) is 6.36. The molecule has 0 bridgehead atoms. The van der Waals surface area contributed by atoms with E-state index in [4.69, 9.17) is 17.0 Å². The summed E-state index contributed by atoms with van der Waals surface area (Å²) in [6.45, 7) is 6.06. The van der Waals surface area contributed by atoms with Gasteiger partial charge in [0.2, 0.25) is 0 Å². The summed E-state index contributed by atoms with van der Waals surface area (Å²) in [7, 11) is 0. The molecule has 0 aromatic heterocycles. The maximum absolute atomic E-state index is 5.71. The minimum atomic E-state index is 0.284. The van der Waals surface area contributed by atoms with Crippen molar-refractivity contribution in [3.63, 3.8) is 0 Å². The van der Waals surface area contributed by atoms with Crippen LogP contribution in [-0.2, 0) is 4.74 Å². The van der Waals surface area contributed by atoms with E-state index in [2.05, 4.69) is 24.1 Å². The van der Waals surface area contributed by atoms with Gasteiger partial charge in [-0.05, 0) is 38.9 Å². The van der Waals surface area contributed by atoms with Crippen molar-refractivity contribution in [2.75, 3.05) is 13.1 Å². The van der Waals surface area contributed by atoms with Gasteiger partial charge in [0.25, 0.3) is 0 Å². The molecule has 16 heavy (non-hydrogen) atoms. The summed E-state index contributed by atoms with van der Waals surface area (Å²) in [5, 5.41) is 4.42. The topological polar surface area (TPSA) is 24.5 Å². The predicted octanol–water partition coefficient (Wildman–Crippen LogP) is 1.91. The van der Waals surface area contributed by atoms with Crippen LogP contribution >= 0.6 is 12.2 Å². The molecule has 0 unspecified atom stereocenters. The maximum Gasteiger partial charge on any atom is 0.169 e. The highest BCUT2D eigenvalue weighted by Crippen LogP contribution is 2.18. The minimum absolute atomic E-state index is 0.284. The van der Waals surface area contributed by atoms with E-state index in [0.29, 0.717) is 6.04 Å². The Bertz CT molecular complexity index is 243. The molecule has 2 aliphatic rings. The summed E-state index contributed by atoms with van der Waals surface area (Å²) in [4.78, 5) is 2.26.